The molecule has 5 heteroatoms. The predicted molar refractivity (Wildman–Crippen MR) is 75.7 cm³/mol. The fourth-order valence-electron chi connectivity index (χ4n) is 2.16. The van der Waals surface area contributed by atoms with Gasteiger partial charge in [-0.15, -0.1) is 0 Å². The molecule has 1 heterocycles. The molecular weight excluding hydrogens is 264 g/mol. The maximum atomic E-state index is 11.8. The van der Waals surface area contributed by atoms with Crippen molar-refractivity contribution < 1.29 is 9.53 Å². The number of aryl methyl sites for hydroxylation is 1. The highest BCUT2D eigenvalue weighted by molar-refractivity contribution is 6.30. The van der Waals surface area contributed by atoms with Gasteiger partial charge in [-0.1, -0.05) is 11.6 Å². The Labute approximate surface area is 118 Å². The van der Waals surface area contributed by atoms with Crippen molar-refractivity contribution in [1.29, 1.82) is 0 Å². The molecule has 1 aromatic rings. The predicted octanol–water partition coefficient (Wildman–Crippen LogP) is 1.90. The van der Waals surface area contributed by atoms with Gasteiger partial charge in [0.1, 0.15) is 5.75 Å². The molecule has 0 aliphatic carbocycles. The molecular formula is C14H19ClN2O2. The number of benzene rings is 1. The van der Waals surface area contributed by atoms with Crippen LogP contribution in [0.2, 0.25) is 5.02 Å². The molecule has 1 amide bonds. The summed E-state index contributed by atoms with van der Waals surface area (Å²) < 4.78 is 5.50. The summed E-state index contributed by atoms with van der Waals surface area (Å²) in [7, 11) is 0. The van der Waals surface area contributed by atoms with Crippen molar-refractivity contribution >= 4 is 17.5 Å². The summed E-state index contributed by atoms with van der Waals surface area (Å²) in [5, 5.41) is 6.90. The molecule has 0 radical (unpaired) electrons. The van der Waals surface area contributed by atoms with Crippen molar-refractivity contribution in [2.75, 3.05) is 19.7 Å². The van der Waals surface area contributed by atoms with Gasteiger partial charge in [0.05, 0.1) is 0 Å². The van der Waals surface area contributed by atoms with Gasteiger partial charge < -0.3 is 15.4 Å². The molecule has 4 nitrogen and oxygen atoms in total. The Morgan fingerprint density at radius 3 is 3.11 bits per heavy atom. The molecule has 0 bridgehead atoms. The summed E-state index contributed by atoms with van der Waals surface area (Å²) in [6.45, 7) is 3.82. The SMILES string of the molecule is Cc1cc(Cl)ccc1OCC(=O)N[C@H]1CCCNC1. The van der Waals surface area contributed by atoms with Gasteiger partial charge in [-0.25, -0.2) is 0 Å². The Morgan fingerprint density at radius 1 is 1.58 bits per heavy atom. The van der Waals surface area contributed by atoms with E-state index in [0.29, 0.717) is 10.8 Å². The summed E-state index contributed by atoms with van der Waals surface area (Å²) in [5.41, 5.74) is 0.930. The van der Waals surface area contributed by atoms with Crippen LogP contribution in [0.3, 0.4) is 0 Å². The smallest absolute Gasteiger partial charge is 0.258 e. The number of carbonyl (C=O) groups is 1. The minimum atomic E-state index is -0.0805. The Morgan fingerprint density at radius 2 is 2.42 bits per heavy atom. The zero-order chi connectivity index (χ0) is 13.7. The first kappa shape index (κ1) is 14.2. The summed E-state index contributed by atoms with van der Waals surface area (Å²) >= 11 is 5.87. The lowest BCUT2D eigenvalue weighted by Crippen LogP contribution is -2.47. The second-order valence-corrected chi connectivity index (χ2v) is 5.25. The van der Waals surface area contributed by atoms with E-state index in [1.54, 1.807) is 12.1 Å². The molecule has 0 saturated carbocycles. The van der Waals surface area contributed by atoms with Gasteiger partial charge in [0.2, 0.25) is 0 Å². The molecule has 2 N–H and O–H groups in total. The first-order chi connectivity index (χ1) is 9.15. The molecule has 1 atom stereocenters. The van der Waals surface area contributed by atoms with Crippen LogP contribution in [0, 0.1) is 6.92 Å². The molecule has 19 heavy (non-hydrogen) atoms. The minimum Gasteiger partial charge on any atom is -0.484 e. The van der Waals surface area contributed by atoms with Crippen LogP contribution < -0.4 is 15.4 Å². The van der Waals surface area contributed by atoms with Gasteiger partial charge in [0.25, 0.3) is 5.91 Å². The second kappa shape index (κ2) is 6.78. The zero-order valence-electron chi connectivity index (χ0n) is 11.0. The first-order valence-electron chi connectivity index (χ1n) is 6.54. The molecule has 0 spiro atoms. The van der Waals surface area contributed by atoms with Crippen LogP contribution in [0.1, 0.15) is 18.4 Å². The number of nitrogens with one attached hydrogen (secondary N) is 2. The van der Waals surface area contributed by atoms with Crippen molar-refractivity contribution in [3.05, 3.63) is 28.8 Å². The monoisotopic (exact) mass is 282 g/mol. The van der Waals surface area contributed by atoms with E-state index in [1.807, 2.05) is 13.0 Å². The van der Waals surface area contributed by atoms with Crippen LogP contribution in [-0.2, 0) is 4.79 Å². The maximum Gasteiger partial charge on any atom is 0.258 e. The van der Waals surface area contributed by atoms with Crippen LogP contribution in [0.25, 0.3) is 0 Å². The third kappa shape index (κ3) is 4.40. The van der Waals surface area contributed by atoms with E-state index in [0.717, 1.165) is 31.5 Å². The minimum absolute atomic E-state index is 0.0406. The topological polar surface area (TPSA) is 50.4 Å². The molecule has 1 saturated heterocycles. The maximum absolute atomic E-state index is 11.8. The highest BCUT2D eigenvalue weighted by Gasteiger charge is 2.15. The fraction of sp³-hybridized carbons (Fsp3) is 0.500. The van der Waals surface area contributed by atoms with Crippen molar-refractivity contribution in [1.82, 2.24) is 10.6 Å². The average molecular weight is 283 g/mol. The molecule has 1 aliphatic heterocycles. The van der Waals surface area contributed by atoms with E-state index in [1.165, 1.54) is 0 Å². The third-order valence-electron chi connectivity index (χ3n) is 3.16. The van der Waals surface area contributed by atoms with Gasteiger partial charge in [0.15, 0.2) is 6.61 Å². The quantitative estimate of drug-likeness (QED) is 0.887. The summed E-state index contributed by atoms with van der Waals surface area (Å²) in [6.07, 6.45) is 2.13. The summed E-state index contributed by atoms with van der Waals surface area (Å²) in [6, 6.07) is 5.58. The standard InChI is InChI=1S/C14H19ClN2O2/c1-10-7-11(15)4-5-13(10)19-9-14(18)17-12-3-2-6-16-8-12/h4-5,7,12,16H,2-3,6,8-9H2,1H3,(H,17,18)/t12-/m0/s1. The van der Waals surface area contributed by atoms with Gasteiger partial charge in [-0.3, -0.25) is 4.79 Å². The number of carbonyl (C=O) groups excluding carboxylic acids is 1. The number of halogens is 1. The van der Waals surface area contributed by atoms with Crippen LogP contribution in [0.15, 0.2) is 18.2 Å². The fourth-order valence-corrected chi connectivity index (χ4v) is 2.39. The lowest BCUT2D eigenvalue weighted by molar-refractivity contribution is -0.123. The molecule has 0 unspecified atom stereocenters. The van der Waals surface area contributed by atoms with Gasteiger partial charge in [0, 0.05) is 17.6 Å². The van der Waals surface area contributed by atoms with Crippen molar-refractivity contribution in [3.63, 3.8) is 0 Å². The van der Waals surface area contributed by atoms with Gasteiger partial charge in [-0.05, 0) is 50.1 Å². The largest absolute Gasteiger partial charge is 0.484 e. The Balaban J connectivity index is 1.79. The first-order valence-corrected chi connectivity index (χ1v) is 6.92. The van der Waals surface area contributed by atoms with Crippen LogP contribution >= 0.6 is 11.6 Å². The number of amides is 1. The van der Waals surface area contributed by atoms with Crippen molar-refractivity contribution in [2.24, 2.45) is 0 Å². The van der Waals surface area contributed by atoms with E-state index in [4.69, 9.17) is 16.3 Å². The molecule has 1 aromatic carbocycles. The number of ether oxygens (including phenoxy) is 1. The van der Waals surface area contributed by atoms with Crippen molar-refractivity contribution in [2.45, 2.75) is 25.8 Å². The molecule has 1 aliphatic rings. The highest BCUT2D eigenvalue weighted by Crippen LogP contribution is 2.21. The highest BCUT2D eigenvalue weighted by atomic mass is 35.5. The molecule has 0 aromatic heterocycles. The van der Waals surface area contributed by atoms with Crippen LogP contribution in [0.5, 0.6) is 5.75 Å². The normalized spacial score (nSPS) is 18.9. The number of piperidine rings is 1. The second-order valence-electron chi connectivity index (χ2n) is 4.81. The average Bonchev–Trinajstić information content (AvgIpc) is 2.39. The summed E-state index contributed by atoms with van der Waals surface area (Å²) in [5.74, 6) is 0.615. The lowest BCUT2D eigenvalue weighted by Gasteiger charge is -2.23. The van der Waals surface area contributed by atoms with E-state index < -0.39 is 0 Å². The van der Waals surface area contributed by atoms with E-state index >= 15 is 0 Å². The number of rotatable bonds is 4. The van der Waals surface area contributed by atoms with E-state index in [-0.39, 0.29) is 18.6 Å². The Hall–Kier alpha value is -1.26. The van der Waals surface area contributed by atoms with E-state index in [2.05, 4.69) is 10.6 Å². The van der Waals surface area contributed by atoms with Gasteiger partial charge in [-0.2, -0.15) is 0 Å². The number of hydrogen-bond donors (Lipinski definition) is 2. The lowest BCUT2D eigenvalue weighted by atomic mass is 10.1. The molecule has 1 fully saturated rings. The van der Waals surface area contributed by atoms with Crippen LogP contribution in [-0.4, -0.2) is 31.6 Å². The van der Waals surface area contributed by atoms with Crippen LogP contribution in [0.4, 0.5) is 0 Å². The van der Waals surface area contributed by atoms with E-state index in [9.17, 15) is 4.79 Å². The van der Waals surface area contributed by atoms with Crippen molar-refractivity contribution in [3.8, 4) is 5.75 Å². The molecule has 2 rings (SSSR count). The Kier molecular flexibility index (Phi) is 5.05. The Bertz CT molecular complexity index is 445. The number of hydrogen-bond acceptors (Lipinski definition) is 3. The van der Waals surface area contributed by atoms with Gasteiger partial charge >= 0.3 is 0 Å². The summed E-state index contributed by atoms with van der Waals surface area (Å²) in [4.78, 5) is 11.8. The zero-order valence-corrected chi connectivity index (χ0v) is 11.8. The third-order valence-corrected chi connectivity index (χ3v) is 3.39. The molecule has 104 valence electrons.